The maximum atomic E-state index is 12.4. The molecule has 2 aromatic heterocycles. The molecule has 0 N–H and O–H groups in total. The van der Waals surface area contributed by atoms with Gasteiger partial charge >= 0.3 is 0 Å². The third-order valence-electron chi connectivity index (χ3n) is 3.34. The minimum Gasteiger partial charge on any atom is -0.456 e. The van der Waals surface area contributed by atoms with Crippen molar-refractivity contribution in [2.45, 2.75) is 13.3 Å². The molecule has 23 heavy (non-hydrogen) atoms. The van der Waals surface area contributed by atoms with Gasteiger partial charge in [0.25, 0.3) is 0 Å². The smallest absolute Gasteiger partial charge is 0.168 e. The molecule has 4 nitrogen and oxygen atoms in total. The minimum absolute atomic E-state index is 0.0120. The Balaban J connectivity index is 1.73. The molecule has 0 amide bonds. The molecule has 0 unspecified atom stereocenters. The van der Waals surface area contributed by atoms with E-state index in [2.05, 4.69) is 9.97 Å². The largest absolute Gasteiger partial charge is 0.456 e. The van der Waals surface area contributed by atoms with Crippen molar-refractivity contribution in [2.75, 3.05) is 0 Å². The summed E-state index contributed by atoms with van der Waals surface area (Å²) < 4.78 is 5.70. The zero-order valence-corrected chi connectivity index (χ0v) is 12.8. The van der Waals surface area contributed by atoms with Crippen molar-refractivity contribution >= 4 is 5.78 Å². The van der Waals surface area contributed by atoms with Crippen LogP contribution in [0.1, 0.15) is 21.6 Å². The molecule has 2 heterocycles. The Morgan fingerprint density at radius 3 is 2.65 bits per heavy atom. The molecule has 0 aliphatic heterocycles. The van der Waals surface area contributed by atoms with Gasteiger partial charge in [0.05, 0.1) is 12.6 Å². The summed E-state index contributed by atoms with van der Waals surface area (Å²) in [5.41, 5.74) is 2.45. The molecule has 0 bridgehead atoms. The Morgan fingerprint density at radius 1 is 1.04 bits per heavy atom. The van der Waals surface area contributed by atoms with Gasteiger partial charge in [0.15, 0.2) is 5.78 Å². The first-order valence-corrected chi connectivity index (χ1v) is 7.33. The molecule has 0 saturated heterocycles. The van der Waals surface area contributed by atoms with Gasteiger partial charge in [0.2, 0.25) is 0 Å². The van der Waals surface area contributed by atoms with E-state index in [1.165, 1.54) is 0 Å². The average molecular weight is 304 g/mol. The van der Waals surface area contributed by atoms with E-state index in [-0.39, 0.29) is 12.2 Å². The quantitative estimate of drug-likeness (QED) is 0.668. The van der Waals surface area contributed by atoms with Crippen molar-refractivity contribution < 1.29 is 9.53 Å². The third-order valence-corrected chi connectivity index (χ3v) is 3.34. The molecule has 0 spiro atoms. The lowest BCUT2D eigenvalue weighted by Crippen LogP contribution is -2.05. The van der Waals surface area contributed by atoms with Gasteiger partial charge in [-0.05, 0) is 42.8 Å². The molecule has 0 radical (unpaired) electrons. The first-order valence-electron chi connectivity index (χ1n) is 7.33. The van der Waals surface area contributed by atoms with E-state index in [1.807, 2.05) is 37.3 Å². The molecule has 0 atom stereocenters. The lowest BCUT2D eigenvalue weighted by atomic mass is 10.1. The summed E-state index contributed by atoms with van der Waals surface area (Å²) in [6.45, 7) is 1.97. The number of aromatic nitrogens is 2. The Labute approximate surface area is 134 Å². The number of benzene rings is 1. The summed E-state index contributed by atoms with van der Waals surface area (Å²) in [6.07, 6.45) is 5.35. The number of pyridine rings is 2. The van der Waals surface area contributed by atoms with Crippen molar-refractivity contribution in [3.8, 4) is 11.5 Å². The first-order chi connectivity index (χ1) is 11.2. The standard InChI is InChI=1S/C19H16N2O2/c1-14-7-8-16(21-12-14)11-19(22)15-4-2-5-17(10-15)23-18-6-3-9-20-13-18/h2-10,12-13H,11H2,1H3. The Morgan fingerprint density at radius 2 is 1.91 bits per heavy atom. The summed E-state index contributed by atoms with van der Waals surface area (Å²) in [7, 11) is 0. The van der Waals surface area contributed by atoms with Crippen LogP contribution < -0.4 is 4.74 Å². The highest BCUT2D eigenvalue weighted by Crippen LogP contribution is 2.21. The molecular weight excluding hydrogens is 288 g/mol. The maximum absolute atomic E-state index is 12.4. The van der Waals surface area contributed by atoms with E-state index in [9.17, 15) is 4.79 Å². The van der Waals surface area contributed by atoms with Gasteiger partial charge in [-0.25, -0.2) is 0 Å². The highest BCUT2D eigenvalue weighted by atomic mass is 16.5. The number of ether oxygens (including phenoxy) is 1. The van der Waals surface area contributed by atoms with Crippen LogP contribution in [0.5, 0.6) is 11.5 Å². The summed E-state index contributed by atoms with van der Waals surface area (Å²) in [4.78, 5) is 20.7. The predicted octanol–water partition coefficient (Wildman–Crippen LogP) is 4.00. The second kappa shape index (κ2) is 6.83. The average Bonchev–Trinajstić information content (AvgIpc) is 2.58. The monoisotopic (exact) mass is 304 g/mol. The van der Waals surface area contributed by atoms with Crippen LogP contribution in [0, 0.1) is 6.92 Å². The number of aryl methyl sites for hydroxylation is 1. The van der Waals surface area contributed by atoms with Crippen LogP contribution in [0.15, 0.2) is 67.1 Å². The van der Waals surface area contributed by atoms with Crippen molar-refractivity contribution in [2.24, 2.45) is 0 Å². The van der Waals surface area contributed by atoms with Crippen LogP contribution in [0.4, 0.5) is 0 Å². The van der Waals surface area contributed by atoms with Crippen molar-refractivity contribution in [1.29, 1.82) is 0 Å². The molecular formula is C19H16N2O2. The lowest BCUT2D eigenvalue weighted by Gasteiger charge is -2.07. The highest BCUT2D eigenvalue weighted by Gasteiger charge is 2.09. The zero-order valence-electron chi connectivity index (χ0n) is 12.8. The minimum atomic E-state index is 0.0120. The molecule has 3 rings (SSSR count). The van der Waals surface area contributed by atoms with Crippen LogP contribution in [-0.4, -0.2) is 15.8 Å². The number of ketones is 1. The number of Topliss-reactive ketones (excluding diaryl/α,β-unsaturated/α-hetero) is 1. The third kappa shape index (κ3) is 4.01. The zero-order chi connectivity index (χ0) is 16.1. The van der Waals surface area contributed by atoms with E-state index < -0.39 is 0 Å². The fourth-order valence-electron chi connectivity index (χ4n) is 2.15. The van der Waals surface area contributed by atoms with Gasteiger partial charge in [-0.1, -0.05) is 18.2 Å². The fraction of sp³-hybridized carbons (Fsp3) is 0.105. The Hall–Kier alpha value is -3.01. The van der Waals surface area contributed by atoms with Gasteiger partial charge in [0.1, 0.15) is 11.5 Å². The topological polar surface area (TPSA) is 52.1 Å². The molecule has 114 valence electrons. The molecule has 0 aliphatic rings. The lowest BCUT2D eigenvalue weighted by molar-refractivity contribution is 0.0991. The summed E-state index contributed by atoms with van der Waals surface area (Å²) in [5, 5.41) is 0. The van der Waals surface area contributed by atoms with Crippen LogP contribution in [-0.2, 0) is 6.42 Å². The maximum Gasteiger partial charge on any atom is 0.168 e. The van der Waals surface area contributed by atoms with E-state index in [0.717, 1.165) is 11.3 Å². The molecule has 4 heteroatoms. The van der Waals surface area contributed by atoms with Gasteiger partial charge < -0.3 is 4.74 Å². The van der Waals surface area contributed by atoms with E-state index in [0.29, 0.717) is 17.1 Å². The second-order valence-corrected chi connectivity index (χ2v) is 5.25. The van der Waals surface area contributed by atoms with Crippen molar-refractivity contribution in [3.05, 3.63) is 83.9 Å². The van der Waals surface area contributed by atoms with Crippen LogP contribution in [0.25, 0.3) is 0 Å². The fourth-order valence-corrected chi connectivity index (χ4v) is 2.15. The van der Waals surface area contributed by atoms with Crippen molar-refractivity contribution in [3.63, 3.8) is 0 Å². The number of hydrogen-bond acceptors (Lipinski definition) is 4. The summed E-state index contributed by atoms with van der Waals surface area (Å²) >= 11 is 0. The number of carbonyl (C=O) groups is 1. The number of carbonyl (C=O) groups excluding carboxylic acids is 1. The van der Waals surface area contributed by atoms with Crippen LogP contribution in [0.3, 0.4) is 0 Å². The Kier molecular flexibility index (Phi) is 4.43. The number of nitrogens with zero attached hydrogens (tertiary/aromatic N) is 2. The van der Waals surface area contributed by atoms with Crippen LogP contribution in [0.2, 0.25) is 0 Å². The SMILES string of the molecule is Cc1ccc(CC(=O)c2cccc(Oc3cccnc3)c2)nc1. The number of rotatable bonds is 5. The first kappa shape index (κ1) is 14.9. The van der Waals surface area contributed by atoms with Gasteiger partial charge in [-0.3, -0.25) is 14.8 Å². The molecule has 3 aromatic rings. The molecule has 0 saturated carbocycles. The predicted molar refractivity (Wildman–Crippen MR) is 87.8 cm³/mol. The normalized spacial score (nSPS) is 10.3. The van der Waals surface area contributed by atoms with Crippen molar-refractivity contribution in [1.82, 2.24) is 9.97 Å². The molecule has 1 aromatic carbocycles. The second-order valence-electron chi connectivity index (χ2n) is 5.25. The van der Waals surface area contributed by atoms with Gasteiger partial charge in [-0.2, -0.15) is 0 Å². The van der Waals surface area contributed by atoms with E-state index in [1.54, 1.807) is 36.8 Å². The number of hydrogen-bond donors (Lipinski definition) is 0. The molecule has 0 aliphatic carbocycles. The van der Waals surface area contributed by atoms with Crippen LogP contribution >= 0.6 is 0 Å². The van der Waals surface area contributed by atoms with E-state index in [4.69, 9.17) is 4.74 Å². The molecule has 0 fully saturated rings. The van der Waals surface area contributed by atoms with E-state index >= 15 is 0 Å². The highest BCUT2D eigenvalue weighted by molar-refractivity contribution is 5.97. The summed E-state index contributed by atoms with van der Waals surface area (Å²) in [5.74, 6) is 1.26. The van der Waals surface area contributed by atoms with Gasteiger partial charge in [0, 0.05) is 23.7 Å². The van der Waals surface area contributed by atoms with Gasteiger partial charge in [-0.15, -0.1) is 0 Å². The summed E-state index contributed by atoms with van der Waals surface area (Å²) in [6, 6.07) is 14.6. The Bertz CT molecular complexity index is 799.